The van der Waals surface area contributed by atoms with E-state index >= 15 is 0 Å². The Morgan fingerprint density at radius 1 is 1.23 bits per heavy atom. The number of hydrogen-bond acceptors (Lipinski definition) is 5. The van der Waals surface area contributed by atoms with Gasteiger partial charge in [-0.25, -0.2) is 0 Å². The largest absolute Gasteiger partial charge is 0.452 e. The number of nitrogens with zero attached hydrogens (tertiary/aromatic N) is 2. The molecule has 142 valence electrons. The molecule has 2 aliphatic rings. The SMILES string of the molecule is Cc1nn(C)c(C)c1NC(=O)[C@H](C)OC(=O)C1C[C@H]2CCC[C@@H](C1)C2=O. The molecule has 3 rings (SSSR count). The molecule has 2 aliphatic carbocycles. The molecule has 0 aliphatic heterocycles. The van der Waals surface area contributed by atoms with E-state index in [-0.39, 0.29) is 29.6 Å². The third-order valence-electron chi connectivity index (χ3n) is 5.80. The Labute approximate surface area is 153 Å². The van der Waals surface area contributed by atoms with Crippen LogP contribution >= 0.6 is 0 Å². The van der Waals surface area contributed by atoms with Gasteiger partial charge in [-0.1, -0.05) is 6.42 Å². The van der Waals surface area contributed by atoms with Crippen molar-refractivity contribution in [2.45, 2.75) is 59.0 Å². The van der Waals surface area contributed by atoms with Gasteiger partial charge in [0.05, 0.1) is 23.0 Å². The van der Waals surface area contributed by atoms with Crippen LogP contribution in [0.15, 0.2) is 0 Å². The third kappa shape index (κ3) is 3.52. The van der Waals surface area contributed by atoms with E-state index in [2.05, 4.69) is 10.4 Å². The molecule has 4 atom stereocenters. The molecule has 2 fully saturated rings. The van der Waals surface area contributed by atoms with Crippen molar-refractivity contribution in [1.82, 2.24) is 9.78 Å². The Balaban J connectivity index is 1.58. The Morgan fingerprint density at radius 2 is 1.85 bits per heavy atom. The number of aryl methyl sites for hydroxylation is 2. The molecule has 0 spiro atoms. The molecule has 1 N–H and O–H groups in total. The third-order valence-corrected chi connectivity index (χ3v) is 5.80. The fraction of sp³-hybridized carbons (Fsp3) is 0.684. The lowest BCUT2D eigenvalue weighted by molar-refractivity contribution is -0.161. The summed E-state index contributed by atoms with van der Waals surface area (Å²) >= 11 is 0. The molecular weight excluding hydrogens is 334 g/mol. The fourth-order valence-electron chi connectivity index (χ4n) is 4.18. The van der Waals surface area contributed by atoms with Gasteiger partial charge in [0, 0.05) is 18.9 Å². The maximum atomic E-state index is 12.5. The summed E-state index contributed by atoms with van der Waals surface area (Å²) in [6.07, 6.45) is 3.03. The molecule has 1 aromatic rings. The van der Waals surface area contributed by atoms with Gasteiger partial charge in [-0.2, -0.15) is 5.10 Å². The van der Waals surface area contributed by atoms with E-state index < -0.39 is 6.10 Å². The van der Waals surface area contributed by atoms with Crippen LogP contribution < -0.4 is 5.32 Å². The van der Waals surface area contributed by atoms with E-state index in [0.717, 1.165) is 30.7 Å². The topological polar surface area (TPSA) is 90.3 Å². The number of rotatable bonds is 4. The summed E-state index contributed by atoms with van der Waals surface area (Å²) in [6, 6.07) is 0. The van der Waals surface area contributed by atoms with E-state index in [1.165, 1.54) is 0 Å². The summed E-state index contributed by atoms with van der Waals surface area (Å²) in [4.78, 5) is 37.1. The van der Waals surface area contributed by atoms with Crippen LogP contribution in [-0.4, -0.2) is 33.5 Å². The van der Waals surface area contributed by atoms with Crippen molar-refractivity contribution in [2.75, 3.05) is 5.32 Å². The first-order valence-electron chi connectivity index (χ1n) is 9.33. The van der Waals surface area contributed by atoms with Gasteiger partial charge < -0.3 is 10.1 Å². The van der Waals surface area contributed by atoms with Crippen LogP contribution in [0.3, 0.4) is 0 Å². The second-order valence-electron chi connectivity index (χ2n) is 7.63. The van der Waals surface area contributed by atoms with Gasteiger partial charge in [0.1, 0.15) is 5.78 Å². The summed E-state index contributed by atoms with van der Waals surface area (Å²) in [6.45, 7) is 5.25. The number of ketones is 1. The zero-order valence-electron chi connectivity index (χ0n) is 15.9. The van der Waals surface area contributed by atoms with Crippen molar-refractivity contribution in [2.24, 2.45) is 24.8 Å². The van der Waals surface area contributed by atoms with Gasteiger partial charge in [0.25, 0.3) is 5.91 Å². The van der Waals surface area contributed by atoms with Gasteiger partial charge in [0.2, 0.25) is 0 Å². The van der Waals surface area contributed by atoms with E-state index in [4.69, 9.17) is 4.74 Å². The first-order chi connectivity index (χ1) is 12.3. The average molecular weight is 361 g/mol. The fourth-order valence-corrected chi connectivity index (χ4v) is 4.18. The zero-order chi connectivity index (χ0) is 19.0. The number of carbonyl (C=O) groups is 3. The molecule has 26 heavy (non-hydrogen) atoms. The molecule has 1 unspecified atom stereocenters. The van der Waals surface area contributed by atoms with Crippen LogP contribution in [0.1, 0.15) is 50.4 Å². The van der Waals surface area contributed by atoms with Gasteiger partial charge in [-0.05, 0) is 46.5 Å². The number of esters is 1. The first-order valence-corrected chi connectivity index (χ1v) is 9.33. The summed E-state index contributed by atoms with van der Waals surface area (Å²) in [5, 5.41) is 7.06. The highest BCUT2D eigenvalue weighted by molar-refractivity contribution is 5.96. The molecule has 7 nitrogen and oxygen atoms in total. The van der Waals surface area contributed by atoms with E-state index in [1.54, 1.807) is 11.6 Å². The van der Waals surface area contributed by atoms with Crippen molar-refractivity contribution in [3.05, 3.63) is 11.4 Å². The maximum absolute atomic E-state index is 12.5. The van der Waals surface area contributed by atoms with Gasteiger partial charge in [0.15, 0.2) is 6.10 Å². The standard InChI is InChI=1S/C19H27N3O4/c1-10-16(11(2)22(4)21-10)20-18(24)12(3)26-19(25)15-8-13-6-5-7-14(9-15)17(13)23/h12-15H,5-9H2,1-4H3,(H,20,24)/t12-,13-,14+,15?/m0/s1. The molecular formula is C19H27N3O4. The smallest absolute Gasteiger partial charge is 0.309 e. The number of hydrogen-bond donors (Lipinski definition) is 1. The highest BCUT2D eigenvalue weighted by Gasteiger charge is 2.42. The Hall–Kier alpha value is -2.18. The van der Waals surface area contributed by atoms with Crippen molar-refractivity contribution in [3.8, 4) is 0 Å². The molecule has 0 radical (unpaired) electrons. The summed E-state index contributed by atoms with van der Waals surface area (Å²) in [5.74, 6) is -0.718. The van der Waals surface area contributed by atoms with Gasteiger partial charge in [-0.15, -0.1) is 0 Å². The number of carbonyl (C=O) groups excluding carboxylic acids is 3. The predicted molar refractivity (Wildman–Crippen MR) is 95.4 cm³/mol. The molecule has 2 saturated carbocycles. The summed E-state index contributed by atoms with van der Waals surface area (Å²) < 4.78 is 7.12. The van der Waals surface area contributed by atoms with Crippen molar-refractivity contribution in [1.29, 1.82) is 0 Å². The van der Waals surface area contributed by atoms with Crippen LogP contribution in [0.2, 0.25) is 0 Å². The minimum absolute atomic E-state index is 0.00938. The zero-order valence-corrected chi connectivity index (χ0v) is 15.9. The van der Waals surface area contributed by atoms with Crippen molar-refractivity contribution >= 4 is 23.3 Å². The number of amides is 1. The molecule has 0 aromatic carbocycles. The maximum Gasteiger partial charge on any atom is 0.309 e. The summed E-state index contributed by atoms with van der Waals surface area (Å²) in [5.41, 5.74) is 2.21. The Bertz CT molecular complexity index is 723. The predicted octanol–water partition coefficient (Wildman–Crippen LogP) is 2.30. The number of Topliss-reactive ketones (excluding diaryl/α,β-unsaturated/α-hetero) is 1. The van der Waals surface area contributed by atoms with E-state index in [1.807, 2.05) is 20.9 Å². The monoisotopic (exact) mass is 361 g/mol. The lowest BCUT2D eigenvalue weighted by Crippen LogP contribution is -2.41. The van der Waals surface area contributed by atoms with Gasteiger partial charge >= 0.3 is 5.97 Å². The summed E-state index contributed by atoms with van der Waals surface area (Å²) in [7, 11) is 1.81. The highest BCUT2D eigenvalue weighted by Crippen LogP contribution is 2.40. The van der Waals surface area contributed by atoms with E-state index in [0.29, 0.717) is 24.3 Å². The molecule has 1 heterocycles. The van der Waals surface area contributed by atoms with Crippen LogP contribution in [0, 0.1) is 31.6 Å². The van der Waals surface area contributed by atoms with Crippen molar-refractivity contribution in [3.63, 3.8) is 0 Å². The second kappa shape index (κ2) is 7.21. The minimum atomic E-state index is -0.890. The molecule has 0 saturated heterocycles. The Kier molecular flexibility index (Phi) is 5.16. The van der Waals surface area contributed by atoms with Crippen molar-refractivity contribution < 1.29 is 19.1 Å². The normalized spacial score (nSPS) is 26.3. The van der Waals surface area contributed by atoms with E-state index in [9.17, 15) is 14.4 Å². The number of fused-ring (bicyclic) bond motifs is 2. The average Bonchev–Trinajstić information content (AvgIpc) is 2.80. The van der Waals surface area contributed by atoms with Crippen LogP contribution in [-0.2, 0) is 26.2 Å². The lowest BCUT2D eigenvalue weighted by atomic mass is 9.67. The van der Waals surface area contributed by atoms with Crippen LogP contribution in [0.25, 0.3) is 0 Å². The Morgan fingerprint density at radius 3 is 2.38 bits per heavy atom. The molecule has 7 heteroatoms. The lowest BCUT2D eigenvalue weighted by Gasteiger charge is -2.36. The quantitative estimate of drug-likeness (QED) is 0.831. The van der Waals surface area contributed by atoms with Crippen LogP contribution in [0.4, 0.5) is 5.69 Å². The van der Waals surface area contributed by atoms with Gasteiger partial charge in [-0.3, -0.25) is 19.1 Å². The molecule has 1 amide bonds. The number of ether oxygens (including phenoxy) is 1. The number of aromatic nitrogens is 2. The molecule has 1 aromatic heterocycles. The molecule has 2 bridgehead atoms. The minimum Gasteiger partial charge on any atom is -0.452 e. The highest BCUT2D eigenvalue weighted by atomic mass is 16.5. The second-order valence-corrected chi connectivity index (χ2v) is 7.63. The first kappa shape index (κ1) is 18.6. The van der Waals surface area contributed by atoms with Crippen LogP contribution in [0.5, 0.6) is 0 Å². The number of anilines is 1. The number of nitrogens with one attached hydrogen (secondary N) is 1.